The number of ether oxygens (including phenoxy) is 1. The second kappa shape index (κ2) is 12.1. The molecule has 0 aromatic heterocycles. The summed E-state index contributed by atoms with van der Waals surface area (Å²) in [7, 11) is 0. The highest BCUT2D eigenvalue weighted by molar-refractivity contribution is 6.35. The van der Waals surface area contributed by atoms with E-state index in [2.05, 4.69) is 29.7 Å². The van der Waals surface area contributed by atoms with E-state index in [1.54, 1.807) is 47.4 Å². The van der Waals surface area contributed by atoms with Crippen LogP contribution in [0.5, 0.6) is 5.75 Å². The molecule has 0 aliphatic carbocycles. The Morgan fingerprint density at radius 3 is 2.27 bits per heavy atom. The minimum absolute atomic E-state index is 0.110. The Kier molecular flexibility index (Phi) is 8.69. The van der Waals surface area contributed by atoms with Crippen LogP contribution in [0.4, 0.5) is 11.4 Å². The maximum absolute atomic E-state index is 12.7. The number of aryl methyl sites for hydroxylation is 1. The number of rotatable bonds is 9. The molecule has 0 saturated carbocycles. The first-order valence-corrected chi connectivity index (χ1v) is 12.7. The van der Waals surface area contributed by atoms with Gasteiger partial charge in [0.25, 0.3) is 5.91 Å². The Morgan fingerprint density at radius 1 is 0.973 bits per heavy atom. The summed E-state index contributed by atoms with van der Waals surface area (Å²) in [6.07, 6.45) is 1.13. The van der Waals surface area contributed by atoms with Crippen molar-refractivity contribution in [1.29, 1.82) is 0 Å². The van der Waals surface area contributed by atoms with Crippen LogP contribution in [0, 0.1) is 5.92 Å². The molecule has 1 heterocycles. The number of anilines is 2. The van der Waals surface area contributed by atoms with E-state index in [-0.39, 0.29) is 30.7 Å². The predicted molar refractivity (Wildman–Crippen MR) is 145 cm³/mol. The van der Waals surface area contributed by atoms with Gasteiger partial charge >= 0.3 is 0 Å². The number of benzene rings is 3. The Labute approximate surface area is 225 Å². The quantitative estimate of drug-likeness (QED) is 0.389. The van der Waals surface area contributed by atoms with Gasteiger partial charge in [-0.3, -0.25) is 14.4 Å². The normalized spacial score (nSPS) is 14.9. The van der Waals surface area contributed by atoms with Crippen LogP contribution in [0.25, 0.3) is 0 Å². The van der Waals surface area contributed by atoms with Gasteiger partial charge in [-0.15, -0.1) is 0 Å². The molecule has 0 unspecified atom stereocenters. The van der Waals surface area contributed by atoms with Gasteiger partial charge in [-0.2, -0.15) is 0 Å². The van der Waals surface area contributed by atoms with Crippen molar-refractivity contribution in [3.05, 3.63) is 87.9 Å². The van der Waals surface area contributed by atoms with Crippen molar-refractivity contribution in [3.63, 3.8) is 0 Å². The van der Waals surface area contributed by atoms with Gasteiger partial charge in [0, 0.05) is 40.9 Å². The zero-order chi connectivity index (χ0) is 26.4. The molecule has 7 nitrogen and oxygen atoms in total. The molecule has 1 atom stereocenters. The average molecular weight is 540 g/mol. The second-order valence-corrected chi connectivity index (χ2v) is 9.65. The number of hydrogen-bond acceptors (Lipinski definition) is 4. The largest absolute Gasteiger partial charge is 0.484 e. The smallest absolute Gasteiger partial charge is 0.262 e. The summed E-state index contributed by atoms with van der Waals surface area (Å²) in [5, 5.41) is 6.44. The van der Waals surface area contributed by atoms with E-state index in [4.69, 9.17) is 27.9 Å². The molecule has 1 aliphatic rings. The third kappa shape index (κ3) is 7.24. The second-order valence-electron chi connectivity index (χ2n) is 8.78. The number of amides is 3. The van der Waals surface area contributed by atoms with Crippen LogP contribution in [0.1, 0.15) is 24.5 Å². The highest BCUT2D eigenvalue weighted by atomic mass is 35.5. The molecule has 37 heavy (non-hydrogen) atoms. The first kappa shape index (κ1) is 26.5. The number of nitrogens with zero attached hydrogens (tertiary/aromatic N) is 1. The molecule has 0 bridgehead atoms. The van der Waals surface area contributed by atoms with Crippen LogP contribution >= 0.6 is 23.2 Å². The Morgan fingerprint density at radius 2 is 1.62 bits per heavy atom. The third-order valence-corrected chi connectivity index (χ3v) is 6.49. The first-order chi connectivity index (χ1) is 17.8. The van der Waals surface area contributed by atoms with Crippen molar-refractivity contribution in [2.75, 3.05) is 23.4 Å². The lowest BCUT2D eigenvalue weighted by atomic mass is 10.1. The fourth-order valence-corrected chi connectivity index (χ4v) is 4.58. The zero-order valence-electron chi connectivity index (χ0n) is 20.3. The minimum atomic E-state index is -0.415. The number of nitrogens with one attached hydrogen (secondary N) is 2. The van der Waals surface area contributed by atoms with Crippen molar-refractivity contribution >= 4 is 52.3 Å². The van der Waals surface area contributed by atoms with Gasteiger partial charge in [0.15, 0.2) is 6.61 Å². The maximum Gasteiger partial charge on any atom is 0.262 e. The fourth-order valence-electron chi connectivity index (χ4n) is 4.05. The van der Waals surface area contributed by atoms with Gasteiger partial charge in [-0.05, 0) is 60.0 Å². The van der Waals surface area contributed by atoms with E-state index in [0.29, 0.717) is 40.3 Å². The van der Waals surface area contributed by atoms with Crippen LogP contribution in [-0.2, 0) is 27.3 Å². The molecule has 192 valence electrons. The van der Waals surface area contributed by atoms with Crippen LogP contribution in [0.3, 0.4) is 0 Å². The summed E-state index contributed by atoms with van der Waals surface area (Å²) in [5.74, 6) is -0.560. The van der Waals surface area contributed by atoms with Gasteiger partial charge < -0.3 is 20.3 Å². The Balaban J connectivity index is 1.26. The predicted octanol–water partition coefficient (Wildman–Crippen LogP) is 5.24. The summed E-state index contributed by atoms with van der Waals surface area (Å²) in [6.45, 7) is 2.62. The number of carbonyl (C=O) groups is 3. The van der Waals surface area contributed by atoms with Gasteiger partial charge in [-0.1, -0.05) is 54.4 Å². The van der Waals surface area contributed by atoms with E-state index in [9.17, 15) is 14.4 Å². The molecule has 1 saturated heterocycles. The Hall–Kier alpha value is -3.55. The molecular weight excluding hydrogens is 513 g/mol. The highest BCUT2D eigenvalue weighted by Crippen LogP contribution is 2.27. The van der Waals surface area contributed by atoms with E-state index in [0.717, 1.165) is 12.0 Å². The van der Waals surface area contributed by atoms with Gasteiger partial charge in [-0.25, -0.2) is 0 Å². The molecular formula is C28H27Cl2N3O4. The summed E-state index contributed by atoms with van der Waals surface area (Å²) in [6, 6.07) is 19.7. The molecule has 0 spiro atoms. The molecule has 3 amide bonds. The molecule has 3 aromatic carbocycles. The molecule has 1 fully saturated rings. The lowest BCUT2D eigenvalue weighted by molar-refractivity contribution is -0.126. The van der Waals surface area contributed by atoms with Crippen LogP contribution in [0.15, 0.2) is 66.7 Å². The summed E-state index contributed by atoms with van der Waals surface area (Å²) in [4.78, 5) is 39.1. The van der Waals surface area contributed by atoms with E-state index < -0.39 is 5.92 Å². The SMILES string of the molecule is CCc1ccc(CNC(=O)[C@H]2CC(=O)N(c3ccc(OCC(=O)Nc4cc(Cl)cc(Cl)c4)cc3)C2)cc1. The van der Waals surface area contributed by atoms with Crippen LogP contribution in [-0.4, -0.2) is 30.9 Å². The third-order valence-electron chi connectivity index (χ3n) is 6.06. The average Bonchev–Trinajstić information content (AvgIpc) is 3.27. The lowest BCUT2D eigenvalue weighted by Crippen LogP contribution is -2.32. The van der Waals surface area contributed by atoms with Crippen LogP contribution < -0.4 is 20.3 Å². The monoisotopic (exact) mass is 539 g/mol. The zero-order valence-corrected chi connectivity index (χ0v) is 21.8. The summed E-state index contributed by atoms with van der Waals surface area (Å²) < 4.78 is 5.55. The molecule has 2 N–H and O–H groups in total. The fraction of sp³-hybridized carbons (Fsp3) is 0.250. The lowest BCUT2D eigenvalue weighted by Gasteiger charge is -2.17. The minimum Gasteiger partial charge on any atom is -0.484 e. The molecule has 3 aromatic rings. The summed E-state index contributed by atoms with van der Waals surface area (Å²) >= 11 is 11.9. The topological polar surface area (TPSA) is 87.7 Å². The van der Waals surface area contributed by atoms with Crippen molar-refractivity contribution in [1.82, 2.24) is 5.32 Å². The van der Waals surface area contributed by atoms with E-state index in [1.165, 1.54) is 5.56 Å². The maximum atomic E-state index is 12.7. The van der Waals surface area contributed by atoms with Crippen molar-refractivity contribution in [3.8, 4) is 5.75 Å². The van der Waals surface area contributed by atoms with Crippen molar-refractivity contribution in [2.45, 2.75) is 26.3 Å². The number of hydrogen-bond donors (Lipinski definition) is 2. The molecule has 0 radical (unpaired) electrons. The molecule has 1 aliphatic heterocycles. The van der Waals surface area contributed by atoms with Crippen molar-refractivity contribution < 1.29 is 19.1 Å². The molecule has 9 heteroatoms. The van der Waals surface area contributed by atoms with E-state index >= 15 is 0 Å². The van der Waals surface area contributed by atoms with Gasteiger partial charge in [0.05, 0.1) is 5.92 Å². The van der Waals surface area contributed by atoms with Crippen LogP contribution in [0.2, 0.25) is 10.0 Å². The number of halogens is 2. The Bertz CT molecular complexity index is 1260. The van der Waals surface area contributed by atoms with E-state index in [1.807, 2.05) is 12.1 Å². The standard InChI is InChI=1S/C28H27Cl2N3O4/c1-2-18-3-5-19(6-4-18)15-31-28(36)20-11-27(35)33(16-20)24-7-9-25(10-8-24)37-17-26(34)32-23-13-21(29)12-22(30)14-23/h3-10,12-14,20H,2,11,15-17H2,1H3,(H,31,36)(H,32,34)/t20-/m0/s1. The van der Waals surface area contributed by atoms with Crippen molar-refractivity contribution in [2.24, 2.45) is 5.92 Å². The molecule has 4 rings (SSSR count). The highest BCUT2D eigenvalue weighted by Gasteiger charge is 2.35. The van der Waals surface area contributed by atoms with Gasteiger partial charge in [0.1, 0.15) is 5.75 Å². The first-order valence-electron chi connectivity index (χ1n) is 12.0. The number of carbonyl (C=O) groups excluding carboxylic acids is 3. The summed E-state index contributed by atoms with van der Waals surface area (Å²) in [5.41, 5.74) is 3.41. The van der Waals surface area contributed by atoms with Gasteiger partial charge in [0.2, 0.25) is 11.8 Å².